The molecule has 1 fully saturated rings. The Balaban J connectivity index is 2.12. The van der Waals surface area contributed by atoms with E-state index in [-0.39, 0.29) is 15.7 Å². The maximum absolute atomic E-state index is 12.6. The van der Waals surface area contributed by atoms with Crippen LogP contribution in [0, 0.1) is 0 Å². The second-order valence-electron chi connectivity index (χ2n) is 5.05. The molecule has 0 aromatic carbocycles. The highest BCUT2D eigenvalue weighted by molar-refractivity contribution is 9.10. The summed E-state index contributed by atoms with van der Waals surface area (Å²) in [6.07, 6.45) is 1.87. The zero-order valence-corrected chi connectivity index (χ0v) is 14.7. The lowest BCUT2D eigenvalue weighted by molar-refractivity contribution is 0.0978. The van der Waals surface area contributed by atoms with E-state index in [4.69, 9.17) is 9.15 Å². The van der Waals surface area contributed by atoms with Crippen LogP contribution in [0.5, 0.6) is 0 Å². The molecule has 0 saturated carbocycles. The van der Waals surface area contributed by atoms with Crippen LogP contribution in [-0.4, -0.2) is 45.6 Å². The average Bonchev–Trinajstić information content (AvgIpc) is 3.06. The van der Waals surface area contributed by atoms with Crippen LogP contribution in [-0.2, 0) is 21.3 Å². The smallest absolute Gasteiger partial charge is 0.247 e. The lowest BCUT2D eigenvalue weighted by Gasteiger charge is -2.19. The van der Waals surface area contributed by atoms with Crippen LogP contribution in [0.1, 0.15) is 25.5 Å². The Hall–Kier alpha value is -0.410. The molecular formula is C13H21BrN2O4S. The van der Waals surface area contributed by atoms with Crippen molar-refractivity contribution in [1.29, 1.82) is 0 Å². The maximum Gasteiger partial charge on any atom is 0.247 e. The zero-order valence-electron chi connectivity index (χ0n) is 12.3. The van der Waals surface area contributed by atoms with Gasteiger partial charge in [-0.25, -0.2) is 8.42 Å². The van der Waals surface area contributed by atoms with Crippen molar-refractivity contribution < 1.29 is 17.6 Å². The van der Waals surface area contributed by atoms with Crippen LogP contribution in [0.4, 0.5) is 0 Å². The summed E-state index contributed by atoms with van der Waals surface area (Å²) in [4.78, 5) is 0.163. The summed E-state index contributed by atoms with van der Waals surface area (Å²) in [5, 5.41) is 3.10. The minimum absolute atomic E-state index is 0.0170. The van der Waals surface area contributed by atoms with Gasteiger partial charge in [0.05, 0.1) is 12.6 Å². The molecule has 1 N–H and O–H groups in total. The number of likely N-dealkylation sites (N-methyl/N-ethyl adjacent to an activating group) is 1. The number of sulfonamides is 1. The predicted octanol–water partition coefficient (Wildman–Crippen LogP) is 1.95. The van der Waals surface area contributed by atoms with Crippen molar-refractivity contribution in [1.82, 2.24) is 9.62 Å². The lowest BCUT2D eigenvalue weighted by atomic mass is 10.2. The number of halogens is 1. The van der Waals surface area contributed by atoms with Gasteiger partial charge in [0.1, 0.15) is 10.7 Å². The molecule has 21 heavy (non-hydrogen) atoms. The molecule has 2 heterocycles. The first-order chi connectivity index (χ1) is 9.95. The fourth-order valence-electron chi connectivity index (χ4n) is 2.25. The molecule has 120 valence electrons. The van der Waals surface area contributed by atoms with E-state index in [0.717, 1.165) is 19.4 Å². The number of nitrogens with zero attached hydrogens (tertiary/aromatic N) is 1. The Labute approximate surface area is 134 Å². The van der Waals surface area contributed by atoms with Crippen molar-refractivity contribution in [3.8, 4) is 0 Å². The van der Waals surface area contributed by atoms with Gasteiger partial charge in [-0.1, -0.05) is 6.92 Å². The van der Waals surface area contributed by atoms with Crippen LogP contribution < -0.4 is 5.32 Å². The molecule has 0 radical (unpaired) electrons. The molecule has 1 atom stereocenters. The van der Waals surface area contributed by atoms with Gasteiger partial charge in [0, 0.05) is 26.3 Å². The summed E-state index contributed by atoms with van der Waals surface area (Å²) in [5.74, 6) is 0.591. The van der Waals surface area contributed by atoms with E-state index in [1.807, 2.05) is 6.92 Å². The molecule has 1 aliphatic heterocycles. The minimum Gasteiger partial charge on any atom is -0.452 e. The van der Waals surface area contributed by atoms with Gasteiger partial charge in [0.2, 0.25) is 10.0 Å². The Morgan fingerprint density at radius 1 is 1.52 bits per heavy atom. The van der Waals surface area contributed by atoms with Gasteiger partial charge in [0.15, 0.2) is 4.67 Å². The monoisotopic (exact) mass is 380 g/mol. The second-order valence-corrected chi connectivity index (χ2v) is 7.79. The molecule has 1 aromatic heterocycles. The fraction of sp³-hybridized carbons (Fsp3) is 0.692. The first-order valence-corrected chi connectivity index (χ1v) is 9.25. The summed E-state index contributed by atoms with van der Waals surface area (Å²) in [5.41, 5.74) is 0. The molecule has 1 unspecified atom stereocenters. The number of rotatable bonds is 7. The summed E-state index contributed by atoms with van der Waals surface area (Å²) in [6.45, 7) is 4.34. The molecule has 1 aliphatic rings. The second kappa shape index (κ2) is 7.23. The summed E-state index contributed by atoms with van der Waals surface area (Å²) < 4.78 is 37.7. The third kappa shape index (κ3) is 4.07. The van der Waals surface area contributed by atoms with Gasteiger partial charge in [0.25, 0.3) is 0 Å². The van der Waals surface area contributed by atoms with Crippen molar-refractivity contribution in [2.75, 3.05) is 26.7 Å². The first kappa shape index (κ1) is 17.0. The Morgan fingerprint density at radius 2 is 2.29 bits per heavy atom. The van der Waals surface area contributed by atoms with E-state index in [2.05, 4.69) is 21.2 Å². The van der Waals surface area contributed by atoms with Crippen molar-refractivity contribution in [2.45, 2.75) is 37.3 Å². The van der Waals surface area contributed by atoms with Gasteiger partial charge in [-0.05, 0) is 35.3 Å². The van der Waals surface area contributed by atoms with E-state index in [0.29, 0.717) is 25.5 Å². The third-order valence-electron chi connectivity index (χ3n) is 3.43. The largest absolute Gasteiger partial charge is 0.452 e. The molecular weight excluding hydrogens is 360 g/mol. The van der Waals surface area contributed by atoms with Crippen LogP contribution in [0.15, 0.2) is 20.0 Å². The van der Waals surface area contributed by atoms with E-state index in [1.54, 1.807) is 13.1 Å². The highest BCUT2D eigenvalue weighted by Crippen LogP contribution is 2.29. The lowest BCUT2D eigenvalue weighted by Crippen LogP contribution is -2.34. The van der Waals surface area contributed by atoms with Crippen LogP contribution in [0.2, 0.25) is 0 Å². The number of hydrogen-bond acceptors (Lipinski definition) is 5. The average molecular weight is 381 g/mol. The highest BCUT2D eigenvalue weighted by Gasteiger charge is 2.29. The maximum atomic E-state index is 12.6. The Bertz CT molecular complexity index is 567. The minimum atomic E-state index is -3.58. The van der Waals surface area contributed by atoms with E-state index in [9.17, 15) is 8.42 Å². The quantitative estimate of drug-likeness (QED) is 0.782. The van der Waals surface area contributed by atoms with Crippen LogP contribution in [0.25, 0.3) is 0 Å². The highest BCUT2D eigenvalue weighted by atomic mass is 79.9. The molecule has 0 spiro atoms. The van der Waals surface area contributed by atoms with E-state index >= 15 is 0 Å². The van der Waals surface area contributed by atoms with Crippen LogP contribution >= 0.6 is 15.9 Å². The topological polar surface area (TPSA) is 71.8 Å². The number of furan rings is 1. The van der Waals surface area contributed by atoms with Gasteiger partial charge < -0.3 is 14.5 Å². The summed E-state index contributed by atoms with van der Waals surface area (Å²) >= 11 is 3.19. The summed E-state index contributed by atoms with van der Waals surface area (Å²) in [6, 6.07) is 1.56. The third-order valence-corrected chi connectivity index (χ3v) is 6.11. The van der Waals surface area contributed by atoms with Gasteiger partial charge in [-0.3, -0.25) is 0 Å². The van der Waals surface area contributed by atoms with Crippen molar-refractivity contribution in [3.63, 3.8) is 0 Å². The number of ether oxygens (including phenoxy) is 1. The van der Waals surface area contributed by atoms with Gasteiger partial charge in [-0.15, -0.1) is 0 Å². The number of nitrogens with one attached hydrogen (secondary N) is 1. The van der Waals surface area contributed by atoms with Gasteiger partial charge >= 0.3 is 0 Å². The molecule has 0 bridgehead atoms. The molecule has 2 rings (SSSR count). The number of hydrogen-bond donors (Lipinski definition) is 1. The Morgan fingerprint density at radius 3 is 2.90 bits per heavy atom. The molecule has 0 aliphatic carbocycles. The molecule has 1 aromatic rings. The fourth-order valence-corrected chi connectivity index (χ4v) is 4.41. The van der Waals surface area contributed by atoms with Crippen LogP contribution in [0.3, 0.4) is 0 Å². The molecule has 0 amide bonds. The Kier molecular flexibility index (Phi) is 5.84. The van der Waals surface area contributed by atoms with Crippen molar-refractivity contribution in [2.24, 2.45) is 0 Å². The zero-order chi connectivity index (χ0) is 15.5. The van der Waals surface area contributed by atoms with Crippen molar-refractivity contribution in [3.05, 3.63) is 16.5 Å². The van der Waals surface area contributed by atoms with E-state index < -0.39 is 10.0 Å². The van der Waals surface area contributed by atoms with Gasteiger partial charge in [-0.2, -0.15) is 4.31 Å². The van der Waals surface area contributed by atoms with Crippen molar-refractivity contribution >= 4 is 26.0 Å². The predicted molar refractivity (Wildman–Crippen MR) is 82.6 cm³/mol. The molecule has 1 saturated heterocycles. The summed E-state index contributed by atoms with van der Waals surface area (Å²) in [7, 11) is -2.01. The SMILES string of the molecule is CCNCc1cc(S(=O)(=O)N(C)CC2CCCO2)c(Br)o1. The first-order valence-electron chi connectivity index (χ1n) is 7.02. The molecule has 6 nitrogen and oxygen atoms in total. The normalized spacial score (nSPS) is 19.5. The standard InChI is InChI=1S/C13H21BrN2O4S/c1-3-15-8-11-7-12(13(14)20-11)21(17,18)16(2)9-10-5-4-6-19-10/h7,10,15H,3-6,8-9H2,1-2H3. The molecule has 8 heteroatoms. The van der Waals surface area contributed by atoms with E-state index in [1.165, 1.54) is 4.31 Å².